The lowest BCUT2D eigenvalue weighted by molar-refractivity contribution is 0.276. The fraction of sp³-hybridized carbons (Fsp3) is 0.0833. The van der Waals surface area contributed by atoms with E-state index < -0.39 is 22.4 Å². The Labute approximate surface area is 194 Å². The highest BCUT2D eigenvalue weighted by Crippen LogP contribution is 2.36. The number of aryl methyl sites for hydroxylation is 1. The molecule has 0 aliphatic carbocycles. The first-order chi connectivity index (χ1) is 16.4. The molecule has 5 aromatic rings. The third-order valence-electron chi connectivity index (χ3n) is 5.43. The molecule has 172 valence electrons. The highest BCUT2D eigenvalue weighted by molar-refractivity contribution is 7.90. The van der Waals surface area contributed by atoms with Gasteiger partial charge in [-0.1, -0.05) is 17.7 Å². The number of fused-ring (bicyclic) bond motifs is 1. The van der Waals surface area contributed by atoms with Gasteiger partial charge in [0.1, 0.15) is 5.75 Å². The number of hydrogen-bond donors (Lipinski definition) is 2. The molecule has 0 aliphatic heterocycles. The van der Waals surface area contributed by atoms with Gasteiger partial charge in [0.15, 0.2) is 11.6 Å². The minimum Gasteiger partial charge on any atom is -0.454 e. The second-order valence-electron chi connectivity index (χ2n) is 7.64. The van der Waals surface area contributed by atoms with Crippen molar-refractivity contribution in [3.8, 4) is 22.9 Å². The molecule has 2 N–H and O–H groups in total. The maximum atomic E-state index is 15.3. The van der Waals surface area contributed by atoms with Crippen LogP contribution < -0.4 is 4.74 Å². The van der Waals surface area contributed by atoms with Gasteiger partial charge < -0.3 is 9.84 Å². The summed E-state index contributed by atoms with van der Waals surface area (Å²) in [5.41, 5.74) is 2.34. The highest BCUT2D eigenvalue weighted by atomic mass is 32.2. The second-order valence-corrected chi connectivity index (χ2v) is 9.45. The molecular formula is C24H19FN4O4S. The molecule has 0 saturated heterocycles. The van der Waals surface area contributed by atoms with E-state index in [-0.39, 0.29) is 21.7 Å². The number of ether oxygens (including phenoxy) is 1. The van der Waals surface area contributed by atoms with Crippen molar-refractivity contribution in [2.45, 2.75) is 18.4 Å². The van der Waals surface area contributed by atoms with E-state index in [9.17, 15) is 13.5 Å². The molecule has 3 aromatic heterocycles. The number of aromatic amines is 1. The van der Waals surface area contributed by atoms with E-state index in [0.29, 0.717) is 22.5 Å². The molecule has 3 heterocycles. The molecule has 2 aromatic carbocycles. The summed E-state index contributed by atoms with van der Waals surface area (Å²) in [4.78, 5) is 4.31. The Morgan fingerprint density at radius 2 is 1.88 bits per heavy atom. The number of aliphatic hydroxyl groups excluding tert-OH is 1. The van der Waals surface area contributed by atoms with E-state index in [0.717, 1.165) is 15.6 Å². The Morgan fingerprint density at radius 1 is 1.09 bits per heavy atom. The molecule has 10 heteroatoms. The summed E-state index contributed by atoms with van der Waals surface area (Å²) in [5.74, 6) is -0.711. The summed E-state index contributed by atoms with van der Waals surface area (Å²) in [6.45, 7) is 1.29. The Morgan fingerprint density at radius 3 is 2.59 bits per heavy atom. The number of rotatable bonds is 6. The van der Waals surface area contributed by atoms with Crippen LogP contribution in [0.5, 0.6) is 11.5 Å². The van der Waals surface area contributed by atoms with E-state index in [1.807, 2.05) is 6.92 Å². The van der Waals surface area contributed by atoms with Crippen molar-refractivity contribution in [1.82, 2.24) is 19.2 Å². The topological polar surface area (TPSA) is 110 Å². The molecular weight excluding hydrogens is 459 g/mol. The van der Waals surface area contributed by atoms with Gasteiger partial charge in [0, 0.05) is 41.7 Å². The van der Waals surface area contributed by atoms with E-state index in [2.05, 4.69) is 15.2 Å². The van der Waals surface area contributed by atoms with Crippen molar-refractivity contribution in [3.05, 3.63) is 90.1 Å². The number of hydrogen-bond acceptors (Lipinski definition) is 6. The van der Waals surface area contributed by atoms with Gasteiger partial charge in [-0.05, 0) is 37.3 Å². The van der Waals surface area contributed by atoms with Crippen LogP contribution in [0.4, 0.5) is 4.39 Å². The lowest BCUT2D eigenvalue weighted by atomic mass is 10.1. The molecule has 0 radical (unpaired) electrons. The average molecular weight is 479 g/mol. The lowest BCUT2D eigenvalue weighted by Crippen LogP contribution is -2.12. The zero-order chi connectivity index (χ0) is 23.9. The molecule has 0 bridgehead atoms. The van der Waals surface area contributed by atoms with Crippen molar-refractivity contribution in [1.29, 1.82) is 0 Å². The normalized spacial score (nSPS) is 11.7. The van der Waals surface area contributed by atoms with Gasteiger partial charge in [-0.2, -0.15) is 5.10 Å². The molecule has 0 aliphatic rings. The van der Waals surface area contributed by atoms with Crippen LogP contribution >= 0.6 is 0 Å². The first kappa shape index (κ1) is 21.8. The number of nitrogens with one attached hydrogen (secondary N) is 1. The molecule has 0 fully saturated rings. The van der Waals surface area contributed by atoms with Crippen molar-refractivity contribution >= 4 is 20.9 Å². The van der Waals surface area contributed by atoms with Crippen LogP contribution in [0.25, 0.3) is 22.3 Å². The largest absolute Gasteiger partial charge is 0.454 e. The summed E-state index contributed by atoms with van der Waals surface area (Å²) in [7, 11) is -3.97. The number of pyridine rings is 1. The smallest absolute Gasteiger partial charge is 0.268 e. The molecule has 0 unspecified atom stereocenters. The van der Waals surface area contributed by atoms with Crippen LogP contribution in [-0.2, 0) is 16.6 Å². The number of aliphatic hydroxyl groups is 1. The quantitative estimate of drug-likeness (QED) is 0.374. The summed E-state index contributed by atoms with van der Waals surface area (Å²) in [6.07, 6.45) is 4.42. The highest BCUT2D eigenvalue weighted by Gasteiger charge is 2.23. The van der Waals surface area contributed by atoms with Crippen LogP contribution in [-0.4, -0.2) is 32.7 Å². The monoisotopic (exact) mass is 478 g/mol. The van der Waals surface area contributed by atoms with Crippen LogP contribution in [0.3, 0.4) is 0 Å². The molecule has 0 saturated carbocycles. The van der Waals surface area contributed by atoms with Crippen LogP contribution in [0.2, 0.25) is 0 Å². The zero-order valence-electron chi connectivity index (χ0n) is 17.9. The minimum atomic E-state index is -3.97. The van der Waals surface area contributed by atoms with Crippen LogP contribution in [0, 0.1) is 12.7 Å². The van der Waals surface area contributed by atoms with Gasteiger partial charge in [0.05, 0.1) is 28.4 Å². The van der Waals surface area contributed by atoms with Gasteiger partial charge in [-0.15, -0.1) is 0 Å². The number of benzene rings is 2. The minimum absolute atomic E-state index is 0.0741. The van der Waals surface area contributed by atoms with Gasteiger partial charge >= 0.3 is 0 Å². The Hall–Kier alpha value is -4.02. The fourth-order valence-corrected chi connectivity index (χ4v) is 5.05. The molecule has 34 heavy (non-hydrogen) atoms. The first-order valence-corrected chi connectivity index (χ1v) is 11.7. The predicted molar refractivity (Wildman–Crippen MR) is 123 cm³/mol. The van der Waals surface area contributed by atoms with E-state index in [4.69, 9.17) is 4.74 Å². The van der Waals surface area contributed by atoms with Gasteiger partial charge in [-0.25, -0.2) is 16.8 Å². The third kappa shape index (κ3) is 3.72. The Balaban J connectivity index is 1.59. The summed E-state index contributed by atoms with van der Waals surface area (Å²) in [6, 6.07) is 13.9. The molecule has 0 amide bonds. The summed E-state index contributed by atoms with van der Waals surface area (Å²) >= 11 is 0. The number of H-pyrrole nitrogens is 1. The van der Waals surface area contributed by atoms with Crippen molar-refractivity contribution in [2.24, 2.45) is 0 Å². The second kappa shape index (κ2) is 8.40. The van der Waals surface area contributed by atoms with Gasteiger partial charge in [0.25, 0.3) is 10.0 Å². The van der Waals surface area contributed by atoms with E-state index in [1.165, 1.54) is 30.6 Å². The maximum absolute atomic E-state index is 15.3. The molecule has 5 rings (SSSR count). The maximum Gasteiger partial charge on any atom is 0.268 e. The fourth-order valence-electron chi connectivity index (χ4n) is 3.71. The molecule has 8 nitrogen and oxygen atoms in total. The molecule has 0 spiro atoms. The number of nitrogens with zero attached hydrogens (tertiary/aromatic N) is 3. The molecule has 0 atom stereocenters. The van der Waals surface area contributed by atoms with Crippen LogP contribution in [0.1, 0.15) is 11.1 Å². The van der Waals surface area contributed by atoms with Crippen LogP contribution in [0.15, 0.2) is 78.1 Å². The van der Waals surface area contributed by atoms with Crippen molar-refractivity contribution in [2.75, 3.05) is 0 Å². The van der Waals surface area contributed by atoms with E-state index >= 15 is 4.39 Å². The standard InChI is InChI=1S/C24H19FN4O4S/c1-15-2-4-17(5-3-15)34(31,32)29-11-8-18-19(14-30)24(20(25)13-23(18)29)33-16-6-9-26-22(12-16)21-7-10-27-28-21/h2-13,30H,14H2,1H3,(H,27,28). The zero-order valence-corrected chi connectivity index (χ0v) is 18.8. The average Bonchev–Trinajstić information content (AvgIpc) is 3.51. The summed E-state index contributed by atoms with van der Waals surface area (Å²) in [5, 5.41) is 17.1. The van der Waals surface area contributed by atoms with Gasteiger partial charge in [-0.3, -0.25) is 10.1 Å². The van der Waals surface area contributed by atoms with Crippen molar-refractivity contribution < 1.29 is 22.7 Å². The SMILES string of the molecule is Cc1ccc(S(=O)(=O)n2ccc3c(CO)c(Oc4ccnc(-c5ccn[nH]5)c4)c(F)cc32)cc1. The third-order valence-corrected chi connectivity index (χ3v) is 7.14. The lowest BCUT2D eigenvalue weighted by Gasteiger charge is -2.14. The van der Waals surface area contributed by atoms with Crippen molar-refractivity contribution in [3.63, 3.8) is 0 Å². The number of halogens is 1. The van der Waals surface area contributed by atoms with Gasteiger partial charge in [0.2, 0.25) is 0 Å². The Bertz CT molecular complexity index is 1590. The predicted octanol–water partition coefficient (Wildman–Crippen LogP) is 4.40. The Kier molecular flexibility index (Phi) is 5.39. The van der Waals surface area contributed by atoms with E-state index in [1.54, 1.807) is 36.5 Å². The summed E-state index contributed by atoms with van der Waals surface area (Å²) < 4.78 is 48.4. The number of aromatic nitrogens is 4. The first-order valence-electron chi connectivity index (χ1n) is 10.3.